The Morgan fingerprint density at radius 3 is 2.88 bits per heavy atom. The normalized spacial score (nSPS) is 19.4. The Balaban J connectivity index is 2.13. The molecule has 6 heteroatoms. The molecule has 1 aliphatic heterocycles. The number of amides is 2. The first-order chi connectivity index (χ1) is 8.09. The van der Waals surface area contributed by atoms with Crippen molar-refractivity contribution in [1.29, 1.82) is 0 Å². The van der Waals surface area contributed by atoms with Crippen molar-refractivity contribution in [1.82, 2.24) is 9.88 Å². The van der Waals surface area contributed by atoms with Gasteiger partial charge in [0, 0.05) is 23.8 Å². The van der Waals surface area contributed by atoms with Crippen LogP contribution in [-0.4, -0.2) is 34.8 Å². The number of primary amides is 1. The van der Waals surface area contributed by atoms with Gasteiger partial charge in [0.15, 0.2) is 0 Å². The Morgan fingerprint density at radius 1 is 1.53 bits per heavy atom. The van der Waals surface area contributed by atoms with Gasteiger partial charge in [0.2, 0.25) is 5.91 Å². The van der Waals surface area contributed by atoms with Crippen molar-refractivity contribution in [3.63, 3.8) is 0 Å². The van der Waals surface area contributed by atoms with Gasteiger partial charge >= 0.3 is 0 Å². The fourth-order valence-corrected chi connectivity index (χ4v) is 2.29. The van der Waals surface area contributed by atoms with Crippen molar-refractivity contribution >= 4 is 27.7 Å². The zero-order valence-corrected chi connectivity index (χ0v) is 10.7. The van der Waals surface area contributed by atoms with Crippen molar-refractivity contribution in [3.8, 4) is 0 Å². The SMILES string of the molecule is NC(=O)C1CCN(C(=O)c2ncccc2Br)C1. The second-order valence-electron chi connectivity index (χ2n) is 3.97. The standard InChI is InChI=1S/C11H12BrN3O2/c12-8-2-1-4-14-9(8)11(17)15-5-3-7(6-15)10(13)16/h1-2,4,7H,3,5-6H2,(H2,13,16). The predicted molar refractivity (Wildman–Crippen MR) is 65.1 cm³/mol. The Morgan fingerprint density at radius 2 is 2.29 bits per heavy atom. The van der Waals surface area contributed by atoms with E-state index in [2.05, 4.69) is 20.9 Å². The van der Waals surface area contributed by atoms with Gasteiger partial charge < -0.3 is 10.6 Å². The smallest absolute Gasteiger partial charge is 0.273 e. The van der Waals surface area contributed by atoms with Crippen molar-refractivity contribution in [2.45, 2.75) is 6.42 Å². The number of nitrogens with zero attached hydrogens (tertiary/aromatic N) is 2. The molecule has 0 radical (unpaired) electrons. The Kier molecular flexibility index (Phi) is 3.42. The third kappa shape index (κ3) is 2.46. The van der Waals surface area contributed by atoms with Crippen molar-refractivity contribution in [3.05, 3.63) is 28.5 Å². The van der Waals surface area contributed by atoms with Crippen LogP contribution in [0, 0.1) is 5.92 Å². The molecule has 1 aliphatic rings. The number of pyridine rings is 1. The van der Waals surface area contributed by atoms with Gasteiger partial charge in [-0.1, -0.05) is 0 Å². The molecule has 1 aromatic rings. The highest BCUT2D eigenvalue weighted by Gasteiger charge is 2.31. The summed E-state index contributed by atoms with van der Waals surface area (Å²) >= 11 is 3.29. The van der Waals surface area contributed by atoms with Crippen LogP contribution in [0.2, 0.25) is 0 Å². The number of carbonyl (C=O) groups excluding carboxylic acids is 2. The summed E-state index contributed by atoms with van der Waals surface area (Å²) < 4.78 is 0.660. The van der Waals surface area contributed by atoms with E-state index in [-0.39, 0.29) is 17.7 Å². The van der Waals surface area contributed by atoms with E-state index >= 15 is 0 Å². The van der Waals surface area contributed by atoms with Gasteiger partial charge in [-0.05, 0) is 34.5 Å². The van der Waals surface area contributed by atoms with Crippen LogP contribution < -0.4 is 5.73 Å². The molecule has 17 heavy (non-hydrogen) atoms. The molecule has 90 valence electrons. The monoisotopic (exact) mass is 297 g/mol. The summed E-state index contributed by atoms with van der Waals surface area (Å²) in [5.74, 6) is -0.747. The molecular weight excluding hydrogens is 286 g/mol. The van der Waals surface area contributed by atoms with E-state index in [1.165, 1.54) is 0 Å². The number of likely N-dealkylation sites (tertiary alicyclic amines) is 1. The number of hydrogen-bond acceptors (Lipinski definition) is 3. The molecule has 2 rings (SSSR count). The van der Waals surface area contributed by atoms with Crippen LogP contribution in [0.5, 0.6) is 0 Å². The van der Waals surface area contributed by atoms with Gasteiger partial charge in [0.25, 0.3) is 5.91 Å². The van der Waals surface area contributed by atoms with E-state index in [0.717, 1.165) is 0 Å². The van der Waals surface area contributed by atoms with E-state index in [9.17, 15) is 9.59 Å². The molecule has 0 bridgehead atoms. The van der Waals surface area contributed by atoms with Crippen LogP contribution in [0.3, 0.4) is 0 Å². The third-order valence-corrected chi connectivity index (χ3v) is 3.48. The van der Waals surface area contributed by atoms with E-state index in [4.69, 9.17) is 5.73 Å². The van der Waals surface area contributed by atoms with Crippen molar-refractivity contribution < 1.29 is 9.59 Å². The highest BCUT2D eigenvalue weighted by atomic mass is 79.9. The van der Waals surface area contributed by atoms with Crippen LogP contribution in [-0.2, 0) is 4.79 Å². The zero-order valence-electron chi connectivity index (χ0n) is 9.10. The Labute approximate surface area is 107 Å². The number of carbonyl (C=O) groups is 2. The van der Waals surface area contributed by atoms with Crippen LogP contribution >= 0.6 is 15.9 Å². The lowest BCUT2D eigenvalue weighted by molar-refractivity contribution is -0.121. The summed E-state index contributed by atoms with van der Waals surface area (Å²) in [6.45, 7) is 0.937. The lowest BCUT2D eigenvalue weighted by atomic mass is 10.1. The van der Waals surface area contributed by atoms with Crippen LogP contribution in [0.1, 0.15) is 16.9 Å². The highest BCUT2D eigenvalue weighted by Crippen LogP contribution is 2.21. The first-order valence-electron chi connectivity index (χ1n) is 5.28. The number of hydrogen-bond donors (Lipinski definition) is 1. The lowest BCUT2D eigenvalue weighted by Crippen LogP contribution is -2.32. The summed E-state index contributed by atoms with van der Waals surface area (Å²) in [7, 11) is 0. The van der Waals surface area contributed by atoms with Gasteiger partial charge in [-0.15, -0.1) is 0 Å². The quantitative estimate of drug-likeness (QED) is 0.877. The van der Waals surface area contributed by atoms with Gasteiger partial charge in [0.1, 0.15) is 5.69 Å². The Hall–Kier alpha value is -1.43. The maximum atomic E-state index is 12.1. The molecule has 0 spiro atoms. The fourth-order valence-electron chi connectivity index (χ4n) is 1.87. The molecule has 5 nitrogen and oxygen atoms in total. The molecule has 1 aromatic heterocycles. The average molecular weight is 298 g/mol. The molecular formula is C11H12BrN3O2. The maximum Gasteiger partial charge on any atom is 0.273 e. The molecule has 1 saturated heterocycles. The highest BCUT2D eigenvalue weighted by molar-refractivity contribution is 9.10. The summed E-state index contributed by atoms with van der Waals surface area (Å²) in [4.78, 5) is 28.8. The Bertz CT molecular complexity index is 464. The second-order valence-corrected chi connectivity index (χ2v) is 4.83. The lowest BCUT2D eigenvalue weighted by Gasteiger charge is -2.15. The average Bonchev–Trinajstić information content (AvgIpc) is 2.78. The topological polar surface area (TPSA) is 76.3 Å². The molecule has 0 aliphatic carbocycles. The molecule has 2 heterocycles. The third-order valence-electron chi connectivity index (χ3n) is 2.84. The van der Waals surface area contributed by atoms with E-state index in [1.54, 1.807) is 23.2 Å². The van der Waals surface area contributed by atoms with Crippen LogP contribution in [0.25, 0.3) is 0 Å². The van der Waals surface area contributed by atoms with Crippen molar-refractivity contribution in [2.24, 2.45) is 11.7 Å². The molecule has 2 N–H and O–H groups in total. The predicted octanol–water partition coefficient (Wildman–Crippen LogP) is 0.791. The molecule has 1 atom stereocenters. The maximum absolute atomic E-state index is 12.1. The van der Waals surface area contributed by atoms with Gasteiger partial charge in [-0.25, -0.2) is 4.98 Å². The zero-order chi connectivity index (χ0) is 12.4. The van der Waals surface area contributed by atoms with E-state index in [0.29, 0.717) is 29.7 Å². The largest absolute Gasteiger partial charge is 0.369 e. The van der Waals surface area contributed by atoms with Gasteiger partial charge in [-0.2, -0.15) is 0 Å². The minimum atomic E-state index is -0.347. The van der Waals surface area contributed by atoms with Gasteiger partial charge in [-0.3, -0.25) is 9.59 Å². The molecule has 0 saturated carbocycles. The van der Waals surface area contributed by atoms with E-state index < -0.39 is 0 Å². The number of nitrogens with two attached hydrogens (primary N) is 1. The first-order valence-corrected chi connectivity index (χ1v) is 6.08. The van der Waals surface area contributed by atoms with Crippen molar-refractivity contribution in [2.75, 3.05) is 13.1 Å². The summed E-state index contributed by atoms with van der Waals surface area (Å²) in [6, 6.07) is 3.51. The number of rotatable bonds is 2. The fraction of sp³-hybridized carbons (Fsp3) is 0.364. The molecule has 1 fully saturated rings. The molecule has 2 amide bonds. The minimum absolute atomic E-state index is 0.166. The summed E-state index contributed by atoms with van der Waals surface area (Å²) in [5, 5.41) is 0. The minimum Gasteiger partial charge on any atom is -0.369 e. The number of halogens is 1. The first kappa shape index (κ1) is 12.0. The second kappa shape index (κ2) is 4.83. The van der Waals surface area contributed by atoms with Gasteiger partial charge in [0.05, 0.1) is 5.92 Å². The summed E-state index contributed by atoms with van der Waals surface area (Å²) in [5.41, 5.74) is 5.60. The van der Waals surface area contributed by atoms with E-state index in [1.807, 2.05) is 0 Å². The summed E-state index contributed by atoms with van der Waals surface area (Å²) in [6.07, 6.45) is 2.20. The number of aromatic nitrogens is 1. The molecule has 1 unspecified atom stereocenters. The van der Waals surface area contributed by atoms with Crippen LogP contribution in [0.4, 0.5) is 0 Å². The van der Waals surface area contributed by atoms with Crippen LogP contribution in [0.15, 0.2) is 22.8 Å². The molecule has 0 aromatic carbocycles.